The third-order valence-corrected chi connectivity index (χ3v) is 14.1. The minimum atomic E-state index is 0.290. The number of fused-ring (bicyclic) bond motifs is 6. The van der Waals surface area contributed by atoms with Gasteiger partial charge >= 0.3 is 0 Å². The van der Waals surface area contributed by atoms with Crippen LogP contribution in [0, 0.1) is 79.3 Å². The molecule has 12 aromatic rings. The van der Waals surface area contributed by atoms with Gasteiger partial charge in [-0.3, -0.25) is 0 Å². The van der Waals surface area contributed by atoms with Crippen molar-refractivity contribution in [2.75, 3.05) is 0 Å². The van der Waals surface area contributed by atoms with Gasteiger partial charge in [-0.1, -0.05) is 72.8 Å². The first kappa shape index (κ1) is 45.4. The molecule has 0 saturated carbocycles. The number of hydrogen-bond acceptors (Lipinski definition) is 7. The Morgan fingerprint density at radius 3 is 0.697 bits per heavy atom. The molecule has 2 aromatic heterocycles. The summed E-state index contributed by atoms with van der Waals surface area (Å²) in [6.45, 7) is 0. The lowest BCUT2D eigenvalue weighted by molar-refractivity contribution is 1.13. The fourth-order valence-corrected chi connectivity index (χ4v) is 10.5. The lowest BCUT2D eigenvalue weighted by Crippen LogP contribution is -2.05. The van der Waals surface area contributed by atoms with Crippen LogP contribution in [-0.2, 0) is 0 Å². The predicted octanol–water partition coefficient (Wildman–Crippen LogP) is 15.3. The lowest BCUT2D eigenvalue weighted by atomic mass is 9.95. The lowest BCUT2D eigenvalue weighted by Gasteiger charge is -2.21. The summed E-state index contributed by atoms with van der Waals surface area (Å²) >= 11 is 0. The Morgan fingerprint density at radius 2 is 0.447 bits per heavy atom. The Balaban J connectivity index is 1.20. The van der Waals surface area contributed by atoms with E-state index in [4.69, 9.17) is 0 Å². The second-order valence-electron chi connectivity index (χ2n) is 18.4. The van der Waals surface area contributed by atoms with Gasteiger partial charge in [0.25, 0.3) is 0 Å². The van der Waals surface area contributed by atoms with E-state index in [1.807, 2.05) is 84.9 Å². The van der Waals surface area contributed by atoms with Crippen LogP contribution in [0.1, 0.15) is 38.9 Å². The van der Waals surface area contributed by atoms with Crippen LogP contribution in [0.3, 0.4) is 0 Å². The first-order valence-corrected chi connectivity index (χ1v) is 24.0. The molecule has 0 spiro atoms. The van der Waals surface area contributed by atoms with Crippen LogP contribution < -0.4 is 0 Å². The third kappa shape index (κ3) is 7.69. The van der Waals surface area contributed by atoms with Crippen LogP contribution in [0.4, 0.5) is 0 Å². The maximum atomic E-state index is 11.1. The SMILES string of the molecule is N#Cc1ccc(-c2ccc3c(c2)c2cc(-c4ccc(C#N)cc4)ccc2n3-c2cc(C#N)cc(-n3c4ccc(-c5ccc(C#N)cc5)cc4c4cc(-c5ccc(C#N)cc5)ccc43)c2-c2cc(C#N)cc(C#N)c2)cc1. The summed E-state index contributed by atoms with van der Waals surface area (Å²) in [5.74, 6) is 0. The second-order valence-corrected chi connectivity index (χ2v) is 18.4. The highest BCUT2D eigenvalue weighted by Crippen LogP contribution is 2.45. The van der Waals surface area contributed by atoms with E-state index >= 15 is 0 Å². The molecule has 0 N–H and O–H groups in total. The van der Waals surface area contributed by atoms with Crippen molar-refractivity contribution in [2.45, 2.75) is 0 Å². The normalized spacial score (nSPS) is 10.8. The summed E-state index contributed by atoms with van der Waals surface area (Å²) in [4.78, 5) is 0. The third-order valence-electron chi connectivity index (χ3n) is 14.1. The summed E-state index contributed by atoms with van der Waals surface area (Å²) in [6.07, 6.45) is 0. The number of aromatic nitrogens is 2. The van der Waals surface area contributed by atoms with E-state index in [0.717, 1.165) is 88.1 Å². The van der Waals surface area contributed by atoms with Gasteiger partial charge in [0, 0.05) is 27.1 Å². The molecule has 9 heteroatoms. The van der Waals surface area contributed by atoms with Crippen molar-refractivity contribution in [3.05, 3.63) is 239 Å². The van der Waals surface area contributed by atoms with Crippen LogP contribution >= 0.6 is 0 Å². The Labute approximate surface area is 436 Å². The molecule has 12 rings (SSSR count). The minimum absolute atomic E-state index is 0.290. The molecule has 0 saturated heterocycles. The number of hydrogen-bond donors (Lipinski definition) is 0. The van der Waals surface area contributed by atoms with Gasteiger partial charge in [-0.25, -0.2) is 0 Å². The number of nitriles is 7. The van der Waals surface area contributed by atoms with Crippen LogP contribution in [-0.4, -0.2) is 9.13 Å². The van der Waals surface area contributed by atoms with Crippen LogP contribution in [0.15, 0.2) is 200 Å². The second kappa shape index (κ2) is 18.4. The van der Waals surface area contributed by atoms with Crippen molar-refractivity contribution in [1.82, 2.24) is 9.13 Å². The van der Waals surface area contributed by atoms with Gasteiger partial charge in [-0.2, -0.15) is 36.8 Å². The van der Waals surface area contributed by atoms with E-state index in [0.29, 0.717) is 50.3 Å². The van der Waals surface area contributed by atoms with Gasteiger partial charge in [-0.15, -0.1) is 0 Å². The quantitative estimate of drug-likeness (QED) is 0.153. The Bertz CT molecular complexity index is 4220. The molecule has 0 radical (unpaired) electrons. The van der Waals surface area contributed by atoms with Gasteiger partial charge in [0.2, 0.25) is 0 Å². The molecule has 0 atom stereocenters. The molecule has 0 unspecified atom stereocenters. The molecule has 76 heavy (non-hydrogen) atoms. The van der Waals surface area contributed by atoms with Crippen LogP contribution in [0.2, 0.25) is 0 Å². The van der Waals surface area contributed by atoms with Crippen molar-refractivity contribution >= 4 is 43.6 Å². The zero-order valence-corrected chi connectivity index (χ0v) is 40.1. The Morgan fingerprint density at radius 1 is 0.211 bits per heavy atom. The summed E-state index contributed by atoms with van der Waals surface area (Å²) in [7, 11) is 0. The molecular weight excluding hydrogens is 931 g/mol. The minimum Gasteiger partial charge on any atom is -0.308 e. The standard InChI is InChI=1S/C67H33N9/c68-34-41-1-9-48(10-2-41)52-17-21-61-57(30-52)58-31-53(49-11-3-42(35-69)4-12-49)18-22-62(58)75(61)65-28-47(40-74)29-66(67(65)56-26-45(38-72)25-46(27-56)39-73)76-63-23-19-54(50-13-5-43(36-70)6-14-50)32-59(63)60-33-55(20-24-64(60)76)51-15-7-44(37-71)8-16-51/h1-33H. The summed E-state index contributed by atoms with van der Waals surface area (Å²) in [6, 6.07) is 79.7. The van der Waals surface area contributed by atoms with Crippen LogP contribution in [0.5, 0.6) is 0 Å². The van der Waals surface area contributed by atoms with E-state index in [1.165, 1.54) is 0 Å². The first-order valence-electron chi connectivity index (χ1n) is 24.0. The van der Waals surface area contributed by atoms with Crippen molar-refractivity contribution in [3.8, 4) is 109 Å². The zero-order chi connectivity index (χ0) is 52.0. The first-order chi connectivity index (χ1) is 37.3. The molecule has 0 amide bonds. The van der Waals surface area contributed by atoms with Crippen molar-refractivity contribution < 1.29 is 0 Å². The maximum Gasteiger partial charge on any atom is 0.0993 e. The smallest absolute Gasteiger partial charge is 0.0993 e. The van der Waals surface area contributed by atoms with E-state index in [1.54, 1.807) is 66.7 Å². The molecule has 0 aliphatic rings. The van der Waals surface area contributed by atoms with E-state index in [9.17, 15) is 36.8 Å². The van der Waals surface area contributed by atoms with Crippen molar-refractivity contribution in [1.29, 1.82) is 36.8 Å². The van der Waals surface area contributed by atoms with Gasteiger partial charge in [-0.05, 0) is 177 Å². The number of benzene rings is 10. The van der Waals surface area contributed by atoms with Gasteiger partial charge in [0.05, 0.1) is 115 Å². The van der Waals surface area contributed by atoms with E-state index in [-0.39, 0.29) is 11.1 Å². The van der Waals surface area contributed by atoms with Crippen LogP contribution in [0.25, 0.3) is 111 Å². The monoisotopic (exact) mass is 963 g/mol. The van der Waals surface area contributed by atoms with Crippen molar-refractivity contribution in [3.63, 3.8) is 0 Å². The molecule has 9 nitrogen and oxygen atoms in total. The largest absolute Gasteiger partial charge is 0.308 e. The topological polar surface area (TPSA) is 176 Å². The van der Waals surface area contributed by atoms with Gasteiger partial charge in [0.1, 0.15) is 0 Å². The Hall–Kier alpha value is -11.8. The Kier molecular flexibility index (Phi) is 11.0. The van der Waals surface area contributed by atoms with Crippen molar-refractivity contribution in [2.24, 2.45) is 0 Å². The number of rotatable bonds is 7. The average molecular weight is 964 g/mol. The maximum absolute atomic E-state index is 11.1. The highest BCUT2D eigenvalue weighted by molar-refractivity contribution is 6.14. The molecule has 0 bridgehead atoms. The number of nitrogens with zero attached hydrogens (tertiary/aromatic N) is 9. The molecule has 2 heterocycles. The average Bonchev–Trinajstić information content (AvgIpc) is 4.14. The molecule has 10 aromatic carbocycles. The summed E-state index contributed by atoms with van der Waals surface area (Å²) < 4.78 is 4.31. The molecule has 0 aliphatic carbocycles. The van der Waals surface area contributed by atoms with Gasteiger partial charge < -0.3 is 9.13 Å². The molecule has 346 valence electrons. The van der Waals surface area contributed by atoms with E-state index < -0.39 is 0 Å². The highest BCUT2D eigenvalue weighted by atomic mass is 15.0. The fourth-order valence-electron chi connectivity index (χ4n) is 10.5. The molecule has 0 fully saturated rings. The predicted molar refractivity (Wildman–Crippen MR) is 295 cm³/mol. The highest BCUT2D eigenvalue weighted by Gasteiger charge is 2.25. The zero-order valence-electron chi connectivity index (χ0n) is 40.1. The van der Waals surface area contributed by atoms with E-state index in [2.05, 4.69) is 100 Å². The van der Waals surface area contributed by atoms with Gasteiger partial charge in [0.15, 0.2) is 0 Å². The summed E-state index contributed by atoms with van der Waals surface area (Å²) in [5.41, 5.74) is 16.4. The molecular formula is C67H33N9. The molecule has 0 aliphatic heterocycles. The summed E-state index contributed by atoms with van der Waals surface area (Å²) in [5, 5.41) is 74.2. The fraction of sp³-hybridized carbons (Fsp3) is 0.